The van der Waals surface area contributed by atoms with Crippen LogP contribution in [0.1, 0.15) is 28.8 Å². The summed E-state index contributed by atoms with van der Waals surface area (Å²) in [6, 6.07) is 4.18. The smallest absolute Gasteiger partial charge is 0.193 e. The average molecular weight is 268 g/mol. The number of nitrogens with zero attached hydrogens (tertiary/aromatic N) is 4. The number of hydrogen-bond acceptors (Lipinski definition) is 5. The van der Waals surface area contributed by atoms with Crippen LogP contribution in [0.3, 0.4) is 0 Å². The summed E-state index contributed by atoms with van der Waals surface area (Å²) in [6.45, 7) is 1.95. The van der Waals surface area contributed by atoms with E-state index in [4.69, 9.17) is 0 Å². The van der Waals surface area contributed by atoms with Gasteiger partial charge in [0.25, 0.3) is 0 Å². The van der Waals surface area contributed by atoms with E-state index in [-0.39, 0.29) is 0 Å². The molecule has 94 valence electrons. The van der Waals surface area contributed by atoms with Crippen molar-refractivity contribution in [3.8, 4) is 6.07 Å². The van der Waals surface area contributed by atoms with Gasteiger partial charge in [-0.05, 0) is 55.1 Å². The van der Waals surface area contributed by atoms with Crippen LogP contribution in [-0.2, 0) is 12.8 Å². The van der Waals surface area contributed by atoms with Gasteiger partial charge in [-0.2, -0.15) is 5.26 Å². The quantitative estimate of drug-likeness (QED) is 0.784. The fourth-order valence-corrected chi connectivity index (χ4v) is 2.89. The SMILES string of the molecule is Cc1cnc(Sc2nc3c(cc2C#N)CCC3)nc1. The Bertz CT molecular complexity index is 658. The zero-order valence-corrected chi connectivity index (χ0v) is 11.4. The molecule has 0 aromatic carbocycles. The third kappa shape index (κ3) is 2.45. The number of nitriles is 1. The number of pyridine rings is 1. The average Bonchev–Trinajstić information content (AvgIpc) is 2.87. The van der Waals surface area contributed by atoms with Crippen molar-refractivity contribution in [3.05, 3.63) is 40.8 Å². The van der Waals surface area contributed by atoms with E-state index in [9.17, 15) is 5.26 Å². The van der Waals surface area contributed by atoms with Gasteiger partial charge in [0.05, 0.1) is 5.56 Å². The van der Waals surface area contributed by atoms with Crippen molar-refractivity contribution in [3.63, 3.8) is 0 Å². The molecule has 0 N–H and O–H groups in total. The molecule has 4 nitrogen and oxygen atoms in total. The zero-order valence-electron chi connectivity index (χ0n) is 10.6. The summed E-state index contributed by atoms with van der Waals surface area (Å²) < 4.78 is 0. The maximum Gasteiger partial charge on any atom is 0.193 e. The third-order valence-electron chi connectivity index (χ3n) is 3.08. The number of aromatic nitrogens is 3. The Morgan fingerprint density at radius 2 is 2.05 bits per heavy atom. The van der Waals surface area contributed by atoms with Gasteiger partial charge in [-0.15, -0.1) is 0 Å². The zero-order chi connectivity index (χ0) is 13.2. The molecule has 0 atom stereocenters. The Morgan fingerprint density at radius 3 is 2.79 bits per heavy atom. The molecule has 1 aliphatic rings. The first-order chi connectivity index (χ1) is 9.26. The highest BCUT2D eigenvalue weighted by Crippen LogP contribution is 2.30. The minimum absolute atomic E-state index is 0.620. The van der Waals surface area contributed by atoms with E-state index in [1.807, 2.05) is 13.0 Å². The van der Waals surface area contributed by atoms with Gasteiger partial charge >= 0.3 is 0 Å². The molecule has 2 heterocycles. The molecular formula is C14H12N4S. The van der Waals surface area contributed by atoms with Crippen LogP contribution in [0.4, 0.5) is 0 Å². The monoisotopic (exact) mass is 268 g/mol. The van der Waals surface area contributed by atoms with E-state index in [0.717, 1.165) is 30.5 Å². The number of aryl methyl sites for hydroxylation is 3. The highest BCUT2D eigenvalue weighted by molar-refractivity contribution is 7.99. The summed E-state index contributed by atoms with van der Waals surface area (Å²) in [6.07, 6.45) is 6.71. The molecule has 0 amide bonds. The molecule has 0 aliphatic heterocycles. The van der Waals surface area contributed by atoms with Crippen molar-refractivity contribution in [2.75, 3.05) is 0 Å². The number of rotatable bonds is 2. The standard InChI is InChI=1S/C14H12N4S/c1-9-7-16-14(17-8-9)19-13-11(6-15)5-10-3-2-4-12(10)18-13/h5,7-8H,2-4H2,1H3. The lowest BCUT2D eigenvalue weighted by Crippen LogP contribution is -1.96. The van der Waals surface area contributed by atoms with E-state index >= 15 is 0 Å². The van der Waals surface area contributed by atoms with Crippen molar-refractivity contribution in [2.45, 2.75) is 36.4 Å². The molecule has 19 heavy (non-hydrogen) atoms. The number of hydrogen-bond donors (Lipinski definition) is 0. The van der Waals surface area contributed by atoms with Crippen molar-refractivity contribution < 1.29 is 0 Å². The summed E-state index contributed by atoms with van der Waals surface area (Å²) >= 11 is 1.36. The van der Waals surface area contributed by atoms with Gasteiger partial charge in [-0.25, -0.2) is 15.0 Å². The van der Waals surface area contributed by atoms with Crippen molar-refractivity contribution in [1.29, 1.82) is 5.26 Å². The van der Waals surface area contributed by atoms with E-state index in [0.29, 0.717) is 15.7 Å². The fourth-order valence-electron chi connectivity index (χ4n) is 2.13. The Balaban J connectivity index is 1.96. The Hall–Kier alpha value is -1.93. The molecule has 1 aliphatic carbocycles. The molecule has 0 radical (unpaired) electrons. The van der Waals surface area contributed by atoms with Crippen molar-refractivity contribution in [2.24, 2.45) is 0 Å². The van der Waals surface area contributed by atoms with Crippen LogP contribution in [0, 0.1) is 18.3 Å². The topological polar surface area (TPSA) is 62.5 Å². The molecular weight excluding hydrogens is 256 g/mol. The highest BCUT2D eigenvalue weighted by atomic mass is 32.2. The maximum atomic E-state index is 9.23. The fraction of sp³-hybridized carbons (Fsp3) is 0.286. The van der Waals surface area contributed by atoms with Crippen molar-refractivity contribution >= 4 is 11.8 Å². The Morgan fingerprint density at radius 1 is 1.26 bits per heavy atom. The second-order valence-electron chi connectivity index (χ2n) is 4.56. The minimum Gasteiger partial charge on any atom is -0.244 e. The summed E-state index contributed by atoms with van der Waals surface area (Å²) in [5.41, 5.74) is 3.97. The molecule has 2 aromatic rings. The van der Waals surface area contributed by atoms with Crippen LogP contribution in [-0.4, -0.2) is 15.0 Å². The first-order valence-corrected chi connectivity index (χ1v) is 6.97. The number of fused-ring (bicyclic) bond motifs is 1. The summed E-state index contributed by atoms with van der Waals surface area (Å²) in [4.78, 5) is 13.1. The van der Waals surface area contributed by atoms with Crippen LogP contribution in [0.2, 0.25) is 0 Å². The van der Waals surface area contributed by atoms with Gasteiger partial charge in [-0.3, -0.25) is 0 Å². The predicted octanol–water partition coefficient (Wildman–Crippen LogP) is 2.69. The maximum absolute atomic E-state index is 9.23. The second-order valence-corrected chi connectivity index (χ2v) is 5.51. The van der Waals surface area contributed by atoms with Gasteiger partial charge in [0.15, 0.2) is 5.16 Å². The van der Waals surface area contributed by atoms with Crippen molar-refractivity contribution in [1.82, 2.24) is 15.0 Å². The lowest BCUT2D eigenvalue weighted by molar-refractivity contribution is 0.888. The summed E-state index contributed by atoms with van der Waals surface area (Å²) in [7, 11) is 0. The van der Waals surface area contributed by atoms with Crippen LogP contribution in [0.25, 0.3) is 0 Å². The summed E-state index contributed by atoms with van der Waals surface area (Å²) in [5.74, 6) is 0. The molecule has 3 rings (SSSR count). The Kier molecular flexibility index (Phi) is 3.18. The van der Waals surface area contributed by atoms with E-state index in [2.05, 4.69) is 21.0 Å². The molecule has 5 heteroatoms. The third-order valence-corrected chi connectivity index (χ3v) is 3.98. The normalized spacial score (nSPS) is 13.1. The van der Waals surface area contributed by atoms with Gasteiger partial charge in [0.2, 0.25) is 0 Å². The second kappa shape index (κ2) is 4.98. The van der Waals surface area contributed by atoms with E-state index in [1.54, 1.807) is 12.4 Å². The van der Waals surface area contributed by atoms with Crippen LogP contribution in [0.15, 0.2) is 28.6 Å². The van der Waals surface area contributed by atoms with Gasteiger partial charge in [0, 0.05) is 18.1 Å². The van der Waals surface area contributed by atoms with Crippen LogP contribution in [0.5, 0.6) is 0 Å². The van der Waals surface area contributed by atoms with Gasteiger partial charge < -0.3 is 0 Å². The molecule has 0 saturated heterocycles. The molecule has 0 spiro atoms. The largest absolute Gasteiger partial charge is 0.244 e. The van der Waals surface area contributed by atoms with Gasteiger partial charge in [0.1, 0.15) is 11.1 Å². The molecule has 0 unspecified atom stereocenters. The lowest BCUT2D eigenvalue weighted by Gasteiger charge is -2.05. The summed E-state index contributed by atoms with van der Waals surface area (Å²) in [5, 5.41) is 10.6. The molecule has 0 bridgehead atoms. The Labute approximate surface area is 115 Å². The molecule has 2 aromatic heterocycles. The van der Waals surface area contributed by atoms with Crippen LogP contribution >= 0.6 is 11.8 Å². The van der Waals surface area contributed by atoms with E-state index < -0.39 is 0 Å². The first-order valence-electron chi connectivity index (χ1n) is 6.15. The van der Waals surface area contributed by atoms with E-state index in [1.165, 1.54) is 17.3 Å². The molecule has 0 fully saturated rings. The highest BCUT2D eigenvalue weighted by Gasteiger charge is 2.17. The minimum atomic E-state index is 0.620. The lowest BCUT2D eigenvalue weighted by atomic mass is 10.2. The first kappa shape index (κ1) is 12.1. The van der Waals surface area contributed by atoms with Gasteiger partial charge in [-0.1, -0.05) is 0 Å². The van der Waals surface area contributed by atoms with Crippen LogP contribution < -0.4 is 0 Å². The molecule has 0 saturated carbocycles. The predicted molar refractivity (Wildman–Crippen MR) is 71.9 cm³/mol.